The number of benzene rings is 1. The van der Waals surface area contributed by atoms with E-state index < -0.39 is 34.0 Å². The van der Waals surface area contributed by atoms with Crippen LogP contribution < -0.4 is 10.7 Å². The molecule has 0 aliphatic carbocycles. The number of ether oxygens (including phenoxy) is 2. The molecule has 1 unspecified atom stereocenters. The fraction of sp³-hybridized carbons (Fsp3) is 0.500. The lowest BCUT2D eigenvalue weighted by atomic mass is 9.97. The van der Waals surface area contributed by atoms with Gasteiger partial charge in [-0.25, -0.2) is 9.59 Å². The second kappa shape index (κ2) is 12.4. The van der Waals surface area contributed by atoms with Gasteiger partial charge < -0.3 is 20.0 Å². The van der Waals surface area contributed by atoms with E-state index in [0.717, 1.165) is 17.3 Å². The van der Waals surface area contributed by atoms with Crippen LogP contribution in [0.5, 0.6) is 0 Å². The Morgan fingerprint density at radius 3 is 2.48 bits per heavy atom. The van der Waals surface area contributed by atoms with Crippen LogP contribution >= 0.6 is 11.8 Å². The van der Waals surface area contributed by atoms with Crippen LogP contribution in [0.4, 0.5) is 4.79 Å². The van der Waals surface area contributed by atoms with Crippen molar-refractivity contribution < 1.29 is 39.3 Å². The number of rotatable bonds is 11. The molecule has 10 nitrogen and oxygen atoms in total. The number of carbonyl (C=O) groups excluding carboxylic acids is 3. The summed E-state index contributed by atoms with van der Waals surface area (Å²) in [6.07, 6.45) is -0.826. The van der Waals surface area contributed by atoms with Crippen molar-refractivity contribution in [2.45, 2.75) is 33.4 Å². The van der Waals surface area contributed by atoms with Gasteiger partial charge in [-0.1, -0.05) is 47.5 Å². The highest BCUT2D eigenvalue weighted by Gasteiger charge is 2.32. The van der Waals surface area contributed by atoms with E-state index in [1.54, 1.807) is 31.2 Å². The van der Waals surface area contributed by atoms with Crippen molar-refractivity contribution in [1.29, 1.82) is 0 Å². The Kier molecular flexibility index (Phi) is 10.6. The van der Waals surface area contributed by atoms with Crippen molar-refractivity contribution >= 4 is 28.9 Å². The van der Waals surface area contributed by atoms with Gasteiger partial charge in [0.15, 0.2) is 5.12 Å². The van der Waals surface area contributed by atoms with Crippen molar-refractivity contribution in [3.05, 3.63) is 41.1 Å². The fourth-order valence-corrected chi connectivity index (χ4v) is 2.96. The van der Waals surface area contributed by atoms with E-state index in [2.05, 4.69) is 10.2 Å². The van der Waals surface area contributed by atoms with Crippen LogP contribution in [-0.4, -0.2) is 47.4 Å². The molecule has 2 atom stereocenters. The molecule has 162 valence electrons. The zero-order chi connectivity index (χ0) is 21.9. The van der Waals surface area contributed by atoms with E-state index in [4.69, 9.17) is 14.7 Å². The summed E-state index contributed by atoms with van der Waals surface area (Å²) in [4.78, 5) is 41.0. The quantitative estimate of drug-likeness (QED) is 0.344. The van der Waals surface area contributed by atoms with E-state index >= 15 is 0 Å². The largest absolute Gasteiger partial charge is 0.566 e. The molecule has 0 fully saturated rings. The van der Waals surface area contributed by atoms with E-state index in [1.807, 2.05) is 6.07 Å². The molecule has 0 saturated heterocycles. The number of quaternary nitrogens is 1. The predicted octanol–water partition coefficient (Wildman–Crippen LogP) is 0.834. The minimum absolute atomic E-state index is 0.0217. The molecule has 0 aromatic heterocycles. The van der Waals surface area contributed by atoms with E-state index in [9.17, 15) is 19.6 Å². The van der Waals surface area contributed by atoms with Crippen molar-refractivity contribution in [1.82, 2.24) is 5.32 Å². The lowest BCUT2D eigenvalue weighted by Gasteiger charge is -2.23. The molecule has 0 bridgehead atoms. The Balaban J connectivity index is 2.62. The van der Waals surface area contributed by atoms with Gasteiger partial charge in [-0.05, 0) is 26.3 Å². The van der Waals surface area contributed by atoms with Gasteiger partial charge in [0.25, 0.3) is 0 Å². The smallest absolute Gasteiger partial charge is 0.408 e. The van der Waals surface area contributed by atoms with Crippen LogP contribution in [-0.2, 0) is 30.5 Å². The summed E-state index contributed by atoms with van der Waals surface area (Å²) in [6, 6.07) is 7.89. The van der Waals surface area contributed by atoms with Crippen LogP contribution in [0, 0.1) is 10.6 Å². The van der Waals surface area contributed by atoms with Crippen LogP contribution in [0.15, 0.2) is 30.3 Å². The number of carbonyl (C=O) groups is 3. The standard InChI is InChI=1S/C18H26N2O8S/c1-4-26-15(21)14(11-29-16(22)18(2,3)12-28-20(24)25)19-17(23)27-10-13-8-6-5-7-9-13/h5-9,14,20,24H,4,10-12H2,1-3H3,(H,19,23)/t14-/m0/s1. The Labute approximate surface area is 173 Å². The molecule has 0 aliphatic rings. The van der Waals surface area contributed by atoms with Gasteiger partial charge in [-0.15, -0.1) is 0 Å². The molecule has 11 heteroatoms. The van der Waals surface area contributed by atoms with Gasteiger partial charge in [0.05, 0.1) is 12.0 Å². The molecule has 0 heterocycles. The molecule has 0 radical (unpaired) electrons. The monoisotopic (exact) mass is 430 g/mol. The highest BCUT2D eigenvalue weighted by Crippen LogP contribution is 2.24. The molecule has 29 heavy (non-hydrogen) atoms. The minimum atomic E-state index is -1.48. The predicted molar refractivity (Wildman–Crippen MR) is 103 cm³/mol. The number of amides is 1. The van der Waals surface area contributed by atoms with Crippen LogP contribution in [0.2, 0.25) is 0 Å². The molecular weight excluding hydrogens is 404 g/mol. The molecule has 0 spiro atoms. The second-order valence-electron chi connectivity index (χ2n) is 6.55. The van der Waals surface area contributed by atoms with Crippen molar-refractivity contribution in [2.75, 3.05) is 19.0 Å². The summed E-state index contributed by atoms with van der Waals surface area (Å²) in [6.45, 7) is 4.46. The van der Waals surface area contributed by atoms with Crippen LogP contribution in [0.3, 0.4) is 0 Å². The highest BCUT2D eigenvalue weighted by atomic mass is 32.2. The maximum absolute atomic E-state index is 12.4. The SMILES string of the molecule is CCOC(=O)[C@H](CSC(=O)C(C)(C)CO[NH+]([O-])O)NC(=O)OCc1ccccc1. The molecular formula is C18H26N2O8S. The molecule has 1 aromatic rings. The minimum Gasteiger partial charge on any atom is -0.566 e. The van der Waals surface area contributed by atoms with Gasteiger partial charge in [0.1, 0.15) is 19.3 Å². The Morgan fingerprint density at radius 2 is 1.90 bits per heavy atom. The van der Waals surface area contributed by atoms with Crippen LogP contribution in [0.25, 0.3) is 0 Å². The topological polar surface area (TPSA) is 139 Å². The Morgan fingerprint density at radius 1 is 1.24 bits per heavy atom. The average molecular weight is 430 g/mol. The number of esters is 1. The number of hydrogen-bond donors (Lipinski definition) is 3. The Hall–Kier alpha value is -2.18. The maximum atomic E-state index is 12.4. The van der Waals surface area contributed by atoms with Gasteiger partial charge in [-0.2, -0.15) is 10.0 Å². The third-order valence-electron chi connectivity index (χ3n) is 3.57. The molecule has 1 rings (SSSR count). The third-order valence-corrected chi connectivity index (χ3v) is 4.88. The summed E-state index contributed by atoms with van der Waals surface area (Å²) in [5, 5.41) is 19.6. The lowest BCUT2D eigenvalue weighted by Crippen LogP contribution is -3.03. The first-order chi connectivity index (χ1) is 13.7. The highest BCUT2D eigenvalue weighted by molar-refractivity contribution is 8.13. The first kappa shape index (κ1) is 24.9. The van der Waals surface area contributed by atoms with E-state index in [1.165, 1.54) is 13.8 Å². The molecule has 3 N–H and O–H groups in total. The Bertz CT molecular complexity index is 669. The fourth-order valence-electron chi connectivity index (χ4n) is 1.97. The van der Waals surface area contributed by atoms with Gasteiger partial charge in [0, 0.05) is 5.75 Å². The lowest BCUT2D eigenvalue weighted by molar-refractivity contribution is -1.21. The zero-order valence-electron chi connectivity index (χ0n) is 16.5. The van der Waals surface area contributed by atoms with Crippen molar-refractivity contribution in [3.8, 4) is 0 Å². The van der Waals surface area contributed by atoms with Gasteiger partial charge in [0.2, 0.25) is 0 Å². The van der Waals surface area contributed by atoms with E-state index in [-0.39, 0.29) is 25.6 Å². The summed E-state index contributed by atoms with van der Waals surface area (Å²) < 4.78 is 10.0. The molecule has 1 aromatic carbocycles. The summed E-state index contributed by atoms with van der Waals surface area (Å²) in [5.41, 5.74) is -0.323. The molecule has 0 saturated carbocycles. The zero-order valence-corrected chi connectivity index (χ0v) is 17.3. The summed E-state index contributed by atoms with van der Waals surface area (Å²) >= 11 is 0.771. The number of thioether (sulfide) groups is 1. The molecule has 1 amide bonds. The number of nitrogens with one attached hydrogen (secondary N) is 2. The average Bonchev–Trinajstić information content (AvgIpc) is 2.68. The molecule has 0 aliphatic heterocycles. The summed E-state index contributed by atoms with van der Waals surface area (Å²) in [7, 11) is 0. The van der Waals surface area contributed by atoms with Crippen molar-refractivity contribution in [3.63, 3.8) is 0 Å². The first-order valence-corrected chi connectivity index (χ1v) is 9.81. The van der Waals surface area contributed by atoms with Gasteiger partial charge in [-0.3, -0.25) is 4.79 Å². The summed E-state index contributed by atoms with van der Waals surface area (Å²) in [5.74, 6) is -0.807. The van der Waals surface area contributed by atoms with Crippen LogP contribution in [0.1, 0.15) is 26.3 Å². The number of alkyl carbamates (subject to hydrolysis) is 1. The third kappa shape index (κ3) is 9.72. The van der Waals surface area contributed by atoms with Gasteiger partial charge >= 0.3 is 12.1 Å². The number of hydrogen-bond acceptors (Lipinski definition) is 9. The van der Waals surface area contributed by atoms with Crippen molar-refractivity contribution in [2.24, 2.45) is 5.41 Å². The second-order valence-corrected chi connectivity index (χ2v) is 7.54. The maximum Gasteiger partial charge on any atom is 0.408 e. The normalized spacial score (nSPS) is 13.3. The van der Waals surface area contributed by atoms with E-state index in [0.29, 0.717) is 0 Å². The first-order valence-electron chi connectivity index (χ1n) is 8.82.